The predicted molar refractivity (Wildman–Crippen MR) is 187 cm³/mol. The fraction of sp³-hybridized carbons (Fsp3) is 0.459. The average Bonchev–Trinajstić information content (AvgIpc) is 3.00. The number of benzene rings is 1. The molecule has 0 fully saturated rings. The van der Waals surface area contributed by atoms with Crippen LogP contribution in [0.4, 0.5) is 0 Å². The average molecular weight is 624 g/mol. The first kappa shape index (κ1) is 38.7. The molecular formula is C37H54ClN3O3. The Kier molecular flexibility index (Phi) is 22.9. The van der Waals surface area contributed by atoms with Gasteiger partial charge in [-0.1, -0.05) is 91.4 Å². The monoisotopic (exact) mass is 623 g/mol. The molecule has 0 radical (unpaired) electrons. The van der Waals surface area contributed by atoms with Crippen molar-refractivity contribution in [1.82, 2.24) is 16.0 Å². The van der Waals surface area contributed by atoms with Gasteiger partial charge in [-0.25, -0.2) is 0 Å². The highest BCUT2D eigenvalue weighted by molar-refractivity contribution is 6.30. The van der Waals surface area contributed by atoms with Crippen LogP contribution in [0.3, 0.4) is 0 Å². The first-order valence-corrected chi connectivity index (χ1v) is 16.3. The predicted octanol–water partition coefficient (Wildman–Crippen LogP) is 8.19. The molecular weight excluding hydrogens is 570 g/mol. The van der Waals surface area contributed by atoms with Crippen molar-refractivity contribution in [3.8, 4) is 5.75 Å². The van der Waals surface area contributed by atoms with Crippen molar-refractivity contribution in [2.45, 2.75) is 84.2 Å². The molecule has 0 aliphatic carbocycles. The van der Waals surface area contributed by atoms with Crippen LogP contribution in [0.15, 0.2) is 97.2 Å². The molecule has 0 spiro atoms. The van der Waals surface area contributed by atoms with Gasteiger partial charge in [0, 0.05) is 31.1 Å². The number of amides is 2. The fourth-order valence-electron chi connectivity index (χ4n) is 3.83. The third-order valence-corrected chi connectivity index (χ3v) is 6.56. The van der Waals surface area contributed by atoms with Gasteiger partial charge in [0.2, 0.25) is 5.91 Å². The number of hydrogen-bond acceptors (Lipinski definition) is 4. The van der Waals surface area contributed by atoms with Gasteiger partial charge < -0.3 is 20.7 Å². The molecule has 0 saturated carbocycles. The number of hydrogen-bond donors (Lipinski definition) is 3. The molecule has 3 N–H and O–H groups in total. The Bertz CT molecular complexity index is 1090. The minimum atomic E-state index is -0.990. The van der Waals surface area contributed by atoms with E-state index in [9.17, 15) is 9.59 Å². The highest BCUT2D eigenvalue weighted by atomic mass is 35.5. The molecule has 1 aromatic rings. The van der Waals surface area contributed by atoms with E-state index in [2.05, 4.69) is 95.8 Å². The SMILES string of the molecule is CC/C=C\C/C=C\C/C=C\C/C=C\C/C=C\C/C=C\CCC(=O)NCCNCCCNC(=O)C(C)(C)Oc1ccc(Cl)cc1. The molecule has 0 aromatic heterocycles. The summed E-state index contributed by atoms with van der Waals surface area (Å²) < 4.78 is 5.80. The van der Waals surface area contributed by atoms with Crippen LogP contribution < -0.4 is 20.7 Å². The number of carbonyl (C=O) groups excluding carboxylic acids is 2. The van der Waals surface area contributed by atoms with E-state index in [1.165, 1.54) is 0 Å². The van der Waals surface area contributed by atoms with Crippen molar-refractivity contribution in [2.75, 3.05) is 26.2 Å². The van der Waals surface area contributed by atoms with Crippen LogP contribution in [0.5, 0.6) is 5.75 Å². The van der Waals surface area contributed by atoms with Gasteiger partial charge >= 0.3 is 0 Å². The van der Waals surface area contributed by atoms with Gasteiger partial charge in [-0.05, 0) is 96.0 Å². The summed E-state index contributed by atoms with van der Waals surface area (Å²) in [5, 5.41) is 9.75. The molecule has 0 unspecified atom stereocenters. The van der Waals surface area contributed by atoms with Gasteiger partial charge in [0.25, 0.3) is 5.91 Å². The second-order valence-electron chi connectivity index (χ2n) is 10.7. The van der Waals surface area contributed by atoms with E-state index in [-0.39, 0.29) is 11.8 Å². The van der Waals surface area contributed by atoms with Gasteiger partial charge in [0.1, 0.15) is 5.75 Å². The van der Waals surface area contributed by atoms with E-state index in [4.69, 9.17) is 16.3 Å². The zero-order chi connectivity index (χ0) is 32.1. The maximum atomic E-state index is 12.5. The van der Waals surface area contributed by atoms with Gasteiger partial charge in [-0.3, -0.25) is 9.59 Å². The van der Waals surface area contributed by atoms with Gasteiger partial charge in [-0.15, -0.1) is 0 Å². The zero-order valence-corrected chi connectivity index (χ0v) is 27.8. The highest BCUT2D eigenvalue weighted by Gasteiger charge is 2.29. The van der Waals surface area contributed by atoms with Gasteiger partial charge in [0.15, 0.2) is 5.60 Å². The minimum Gasteiger partial charge on any atom is -0.478 e. The number of allylic oxidation sites excluding steroid dienone is 12. The Morgan fingerprint density at radius 2 is 1.23 bits per heavy atom. The van der Waals surface area contributed by atoms with Crippen LogP contribution in [0.25, 0.3) is 0 Å². The van der Waals surface area contributed by atoms with E-state index in [1.54, 1.807) is 38.1 Å². The fourth-order valence-corrected chi connectivity index (χ4v) is 3.96. The molecule has 44 heavy (non-hydrogen) atoms. The second-order valence-corrected chi connectivity index (χ2v) is 11.2. The van der Waals surface area contributed by atoms with Crippen molar-refractivity contribution in [3.63, 3.8) is 0 Å². The number of nitrogens with one attached hydrogen (secondary N) is 3. The molecule has 1 rings (SSSR count). The Morgan fingerprint density at radius 1 is 0.705 bits per heavy atom. The summed E-state index contributed by atoms with van der Waals surface area (Å²) in [5.41, 5.74) is -0.990. The lowest BCUT2D eigenvalue weighted by atomic mass is 10.1. The Morgan fingerprint density at radius 3 is 1.77 bits per heavy atom. The van der Waals surface area contributed by atoms with Gasteiger partial charge in [-0.2, -0.15) is 0 Å². The lowest BCUT2D eigenvalue weighted by Crippen LogP contribution is -2.47. The van der Waals surface area contributed by atoms with Crippen molar-refractivity contribution < 1.29 is 14.3 Å². The first-order valence-electron chi connectivity index (χ1n) is 16.0. The molecule has 242 valence electrons. The van der Waals surface area contributed by atoms with Gasteiger partial charge in [0.05, 0.1) is 0 Å². The van der Waals surface area contributed by atoms with E-state index >= 15 is 0 Å². The second kappa shape index (κ2) is 26.1. The van der Waals surface area contributed by atoms with Crippen LogP contribution >= 0.6 is 11.6 Å². The molecule has 0 saturated heterocycles. The van der Waals surface area contributed by atoms with Crippen molar-refractivity contribution in [2.24, 2.45) is 0 Å². The summed E-state index contributed by atoms with van der Waals surface area (Å²) in [6.07, 6.45) is 34.0. The summed E-state index contributed by atoms with van der Waals surface area (Å²) in [5.74, 6) is 0.476. The summed E-state index contributed by atoms with van der Waals surface area (Å²) in [6, 6.07) is 6.94. The van der Waals surface area contributed by atoms with E-state index in [0.29, 0.717) is 36.8 Å². The minimum absolute atomic E-state index is 0.0570. The molecule has 1 aromatic carbocycles. The summed E-state index contributed by atoms with van der Waals surface area (Å²) in [4.78, 5) is 24.5. The Balaban J connectivity index is 1.96. The zero-order valence-electron chi connectivity index (χ0n) is 27.0. The molecule has 2 amide bonds. The topological polar surface area (TPSA) is 79.5 Å². The van der Waals surface area contributed by atoms with Crippen LogP contribution in [-0.2, 0) is 9.59 Å². The quantitative estimate of drug-likeness (QED) is 0.0801. The number of halogens is 1. The lowest BCUT2D eigenvalue weighted by Gasteiger charge is -2.25. The summed E-state index contributed by atoms with van der Waals surface area (Å²) in [7, 11) is 0. The standard InChI is InChI=1S/C37H54ClN3O3/c1-4-5-6-7-8-9-10-11-12-13-14-15-16-17-18-19-20-21-22-24-35(42)40-32-31-39-29-23-30-41-36(43)37(2,3)44-34-27-25-33(38)26-28-34/h5-6,8-9,11-12,14-15,17-18,20-21,25-28,39H,4,7,10,13,16,19,22-24,29-32H2,1-3H3,(H,40,42)(H,41,43)/b6-5-,9-8-,12-11-,15-14-,18-17-,21-20-. The molecule has 0 heterocycles. The van der Waals surface area contributed by atoms with E-state index in [1.807, 2.05) is 0 Å². The van der Waals surface area contributed by atoms with E-state index < -0.39 is 5.60 Å². The number of rotatable bonds is 24. The van der Waals surface area contributed by atoms with Crippen molar-refractivity contribution >= 4 is 23.4 Å². The highest BCUT2D eigenvalue weighted by Crippen LogP contribution is 2.21. The van der Waals surface area contributed by atoms with Crippen molar-refractivity contribution in [1.29, 1.82) is 0 Å². The van der Waals surface area contributed by atoms with Crippen LogP contribution in [0.2, 0.25) is 5.02 Å². The third-order valence-electron chi connectivity index (χ3n) is 6.31. The largest absolute Gasteiger partial charge is 0.478 e. The molecule has 6 nitrogen and oxygen atoms in total. The third kappa shape index (κ3) is 22.2. The molecule has 0 atom stereocenters. The molecule has 0 bridgehead atoms. The van der Waals surface area contributed by atoms with Crippen molar-refractivity contribution in [3.05, 3.63) is 102 Å². The normalized spacial score (nSPS) is 12.5. The van der Waals surface area contributed by atoms with Crippen LogP contribution in [-0.4, -0.2) is 43.6 Å². The lowest BCUT2D eigenvalue weighted by molar-refractivity contribution is -0.134. The Hall–Kier alpha value is -3.35. The van der Waals surface area contributed by atoms with E-state index in [0.717, 1.165) is 57.9 Å². The van der Waals surface area contributed by atoms with Crippen LogP contribution in [0.1, 0.15) is 78.6 Å². The van der Waals surface area contributed by atoms with Crippen LogP contribution in [0, 0.1) is 0 Å². The number of carbonyl (C=O) groups is 2. The maximum Gasteiger partial charge on any atom is 0.263 e. The summed E-state index contributed by atoms with van der Waals surface area (Å²) >= 11 is 5.90. The molecule has 0 aliphatic rings. The maximum absolute atomic E-state index is 12.5. The molecule has 7 heteroatoms. The smallest absolute Gasteiger partial charge is 0.263 e. The Labute approximate surface area is 271 Å². The first-order chi connectivity index (χ1) is 21.3. The number of ether oxygens (including phenoxy) is 1. The summed E-state index contributed by atoms with van der Waals surface area (Å²) in [6.45, 7) is 8.17. The molecule has 0 aliphatic heterocycles.